The maximum absolute atomic E-state index is 12.6. The first-order valence-electron chi connectivity index (χ1n) is 14.8. The van der Waals surface area contributed by atoms with Gasteiger partial charge in [-0.1, -0.05) is 60.7 Å². The first-order chi connectivity index (χ1) is 21.1. The van der Waals surface area contributed by atoms with E-state index in [0.29, 0.717) is 37.5 Å². The van der Waals surface area contributed by atoms with Crippen LogP contribution in [-0.4, -0.2) is 94.3 Å². The van der Waals surface area contributed by atoms with E-state index in [-0.39, 0.29) is 31.5 Å². The quantitative estimate of drug-likeness (QED) is 0.168. The molecule has 2 amide bonds. The number of amides is 2. The largest absolute Gasteiger partial charge is 0.492 e. The fourth-order valence-corrected chi connectivity index (χ4v) is 4.99. The van der Waals surface area contributed by atoms with Crippen LogP contribution < -0.4 is 15.4 Å². The number of hydrogen-bond acceptors (Lipinski definition) is 6. The highest BCUT2D eigenvalue weighted by molar-refractivity contribution is 5.81. The molecule has 1 aliphatic rings. The van der Waals surface area contributed by atoms with Gasteiger partial charge in [0.15, 0.2) is 0 Å². The zero-order valence-corrected chi connectivity index (χ0v) is 25.6. The first-order valence-corrected chi connectivity index (χ1v) is 14.8. The van der Waals surface area contributed by atoms with Crippen LogP contribution in [0.15, 0.2) is 72.8 Å². The summed E-state index contributed by atoms with van der Waals surface area (Å²) in [6.45, 7) is 2.60. The number of alkyl carbamates (subject to hydrolysis) is 1. The Labute approximate surface area is 258 Å². The SMILES string of the molecule is C[N+](C)(C)CCOCCC(=O)NCCOc1ccc(C[C@H](NC(=O)OCC2c3ccccc3-c3ccccc32)C(=O)O)cc1. The summed E-state index contributed by atoms with van der Waals surface area (Å²) >= 11 is 0. The van der Waals surface area contributed by atoms with E-state index in [1.54, 1.807) is 24.3 Å². The van der Waals surface area contributed by atoms with Crippen molar-refractivity contribution in [3.05, 3.63) is 89.5 Å². The predicted octanol–water partition coefficient (Wildman–Crippen LogP) is 3.83. The molecule has 10 nitrogen and oxygen atoms in total. The number of ether oxygens (including phenoxy) is 3. The van der Waals surface area contributed by atoms with Crippen molar-refractivity contribution in [2.45, 2.75) is 24.8 Å². The van der Waals surface area contributed by atoms with Crippen molar-refractivity contribution < 1.29 is 38.2 Å². The lowest BCUT2D eigenvalue weighted by atomic mass is 9.98. The number of hydrogen-bond donors (Lipinski definition) is 3. The molecule has 0 aliphatic heterocycles. The molecule has 0 unspecified atom stereocenters. The molecule has 0 fully saturated rings. The van der Waals surface area contributed by atoms with Gasteiger partial charge in [-0.2, -0.15) is 0 Å². The van der Waals surface area contributed by atoms with Crippen molar-refractivity contribution in [3.8, 4) is 16.9 Å². The van der Waals surface area contributed by atoms with Gasteiger partial charge in [0.1, 0.15) is 31.5 Å². The number of carboxylic acid groups (broad SMARTS) is 1. The highest BCUT2D eigenvalue weighted by Gasteiger charge is 2.29. The molecule has 0 spiro atoms. The van der Waals surface area contributed by atoms with Gasteiger partial charge < -0.3 is 34.4 Å². The molecule has 234 valence electrons. The summed E-state index contributed by atoms with van der Waals surface area (Å²) in [5.41, 5.74) is 5.10. The molecular weight excluding hydrogens is 562 g/mol. The van der Waals surface area contributed by atoms with Crippen LogP contribution >= 0.6 is 0 Å². The average Bonchev–Trinajstić information content (AvgIpc) is 3.31. The van der Waals surface area contributed by atoms with Gasteiger partial charge in [0.2, 0.25) is 5.91 Å². The number of aliphatic carboxylic acids is 1. The third kappa shape index (κ3) is 9.55. The van der Waals surface area contributed by atoms with Gasteiger partial charge in [0, 0.05) is 18.8 Å². The lowest BCUT2D eigenvalue weighted by molar-refractivity contribution is -0.870. The van der Waals surface area contributed by atoms with Gasteiger partial charge in [0.25, 0.3) is 0 Å². The predicted molar refractivity (Wildman–Crippen MR) is 167 cm³/mol. The smallest absolute Gasteiger partial charge is 0.407 e. The number of carbonyl (C=O) groups is 3. The summed E-state index contributed by atoms with van der Waals surface area (Å²) in [5.74, 6) is -0.789. The molecule has 1 atom stereocenters. The van der Waals surface area contributed by atoms with Crippen LogP contribution in [0.3, 0.4) is 0 Å². The average molecular weight is 605 g/mol. The van der Waals surface area contributed by atoms with Crippen LogP contribution in [0.2, 0.25) is 0 Å². The normalized spacial score (nSPS) is 13.0. The summed E-state index contributed by atoms with van der Waals surface area (Å²) in [6.07, 6.45) is -0.412. The first kappa shape index (κ1) is 32.5. The number of benzene rings is 3. The number of carboxylic acids is 1. The van der Waals surface area contributed by atoms with Crippen LogP contribution in [0.25, 0.3) is 11.1 Å². The van der Waals surface area contributed by atoms with Gasteiger partial charge >= 0.3 is 12.1 Å². The Morgan fingerprint density at radius 2 is 1.50 bits per heavy atom. The molecule has 0 saturated carbocycles. The Bertz CT molecular complexity index is 1370. The number of rotatable bonds is 16. The van der Waals surface area contributed by atoms with Crippen molar-refractivity contribution in [2.75, 3.05) is 60.7 Å². The van der Waals surface area contributed by atoms with E-state index in [1.165, 1.54) is 0 Å². The van der Waals surface area contributed by atoms with Crippen LogP contribution in [0.1, 0.15) is 29.0 Å². The van der Waals surface area contributed by atoms with E-state index in [9.17, 15) is 19.5 Å². The number of nitrogens with one attached hydrogen (secondary N) is 2. The molecule has 1 aliphatic carbocycles. The lowest BCUT2D eigenvalue weighted by Crippen LogP contribution is -2.42. The minimum Gasteiger partial charge on any atom is -0.492 e. The Morgan fingerprint density at radius 3 is 2.11 bits per heavy atom. The number of fused-ring (bicyclic) bond motifs is 3. The molecule has 3 aromatic rings. The Morgan fingerprint density at radius 1 is 0.864 bits per heavy atom. The Kier molecular flexibility index (Phi) is 11.3. The second-order valence-corrected chi connectivity index (χ2v) is 11.8. The standard InChI is InChI=1S/C34H41N3O7/c1-37(2,3)18-21-42-19-16-32(38)35-17-20-43-25-14-12-24(13-15-25)22-31(33(39)40)36-34(41)44-23-30-28-10-6-4-8-26(28)27-9-5-7-11-29(27)30/h4-15,30-31H,16-23H2,1-3H3,(H2-,35,36,38,39,40,41)/p+1/t31-/m0/s1. The molecule has 10 heteroatoms. The minimum absolute atomic E-state index is 0.0761. The van der Waals surface area contributed by atoms with Crippen LogP contribution in [0.5, 0.6) is 5.75 Å². The van der Waals surface area contributed by atoms with E-state index < -0.39 is 18.1 Å². The van der Waals surface area contributed by atoms with Gasteiger partial charge in [-0.3, -0.25) is 4.79 Å². The fourth-order valence-electron chi connectivity index (χ4n) is 4.99. The van der Waals surface area contributed by atoms with Crippen molar-refractivity contribution in [1.29, 1.82) is 0 Å². The molecule has 0 radical (unpaired) electrons. The maximum Gasteiger partial charge on any atom is 0.407 e. The van der Waals surface area contributed by atoms with Gasteiger partial charge in [-0.15, -0.1) is 0 Å². The zero-order chi connectivity index (χ0) is 31.5. The summed E-state index contributed by atoms with van der Waals surface area (Å²) < 4.78 is 17.5. The third-order valence-electron chi connectivity index (χ3n) is 7.37. The lowest BCUT2D eigenvalue weighted by Gasteiger charge is -2.23. The van der Waals surface area contributed by atoms with Gasteiger partial charge in [-0.25, -0.2) is 9.59 Å². The summed E-state index contributed by atoms with van der Waals surface area (Å²) in [6, 6.07) is 21.8. The van der Waals surface area contributed by atoms with Crippen molar-refractivity contribution >= 4 is 18.0 Å². The molecule has 3 N–H and O–H groups in total. The van der Waals surface area contributed by atoms with E-state index in [4.69, 9.17) is 14.2 Å². The molecule has 0 bridgehead atoms. The van der Waals surface area contributed by atoms with E-state index in [2.05, 4.69) is 43.9 Å². The second-order valence-electron chi connectivity index (χ2n) is 11.8. The number of likely N-dealkylation sites (N-methyl/N-ethyl adjacent to an activating group) is 1. The number of carbonyl (C=O) groups excluding carboxylic acids is 2. The van der Waals surface area contributed by atoms with Crippen molar-refractivity contribution in [1.82, 2.24) is 10.6 Å². The van der Waals surface area contributed by atoms with Crippen LogP contribution in [-0.2, 0) is 25.5 Å². The molecule has 44 heavy (non-hydrogen) atoms. The fraction of sp³-hybridized carbons (Fsp3) is 0.382. The number of nitrogens with zero attached hydrogens (tertiary/aromatic N) is 1. The van der Waals surface area contributed by atoms with Crippen molar-refractivity contribution in [3.63, 3.8) is 0 Å². The Balaban J connectivity index is 1.17. The monoisotopic (exact) mass is 604 g/mol. The van der Waals surface area contributed by atoms with Crippen LogP contribution in [0, 0.1) is 0 Å². The van der Waals surface area contributed by atoms with E-state index in [1.807, 2.05) is 36.4 Å². The molecule has 0 aromatic heterocycles. The Hall–Kier alpha value is -4.41. The van der Waals surface area contributed by atoms with Crippen LogP contribution in [0.4, 0.5) is 4.79 Å². The molecule has 0 saturated heterocycles. The van der Waals surface area contributed by atoms with Gasteiger partial charge in [-0.05, 0) is 39.9 Å². The van der Waals surface area contributed by atoms with Crippen molar-refractivity contribution in [2.24, 2.45) is 0 Å². The zero-order valence-electron chi connectivity index (χ0n) is 25.6. The summed E-state index contributed by atoms with van der Waals surface area (Å²) in [7, 11) is 6.26. The molecule has 4 rings (SSSR count). The molecular formula is C34H42N3O7+. The number of quaternary nitrogens is 1. The van der Waals surface area contributed by atoms with E-state index >= 15 is 0 Å². The summed E-state index contributed by atoms with van der Waals surface area (Å²) in [4.78, 5) is 36.5. The maximum atomic E-state index is 12.6. The minimum atomic E-state index is -1.16. The second kappa shape index (κ2) is 15.4. The molecule has 3 aromatic carbocycles. The molecule has 0 heterocycles. The van der Waals surface area contributed by atoms with Gasteiger partial charge in [0.05, 0.1) is 40.9 Å². The summed E-state index contributed by atoms with van der Waals surface area (Å²) in [5, 5.41) is 15.0. The highest BCUT2D eigenvalue weighted by Crippen LogP contribution is 2.44. The third-order valence-corrected chi connectivity index (χ3v) is 7.37. The highest BCUT2D eigenvalue weighted by atomic mass is 16.5. The topological polar surface area (TPSA) is 123 Å². The van der Waals surface area contributed by atoms with E-state index in [0.717, 1.165) is 33.3 Å².